The lowest BCUT2D eigenvalue weighted by Gasteiger charge is -2.04. The number of aromatic amines is 2. The summed E-state index contributed by atoms with van der Waals surface area (Å²) in [7, 11) is 1.62. The fraction of sp³-hybridized carbons (Fsp3) is 0.0435. The monoisotopic (exact) mass is 408 g/mol. The van der Waals surface area contributed by atoms with Crippen LogP contribution in [0.3, 0.4) is 0 Å². The second-order valence-corrected chi connectivity index (χ2v) is 7.09. The van der Waals surface area contributed by atoms with E-state index in [1.54, 1.807) is 38.2 Å². The van der Waals surface area contributed by atoms with Crippen molar-refractivity contribution >= 4 is 22.1 Å². The lowest BCUT2D eigenvalue weighted by molar-refractivity contribution is 0.413. The first-order chi connectivity index (χ1) is 15.3. The van der Waals surface area contributed by atoms with Crippen LogP contribution < -0.4 is 4.74 Å². The third-order valence-electron chi connectivity index (χ3n) is 5.27. The van der Waals surface area contributed by atoms with Crippen LogP contribution in [-0.4, -0.2) is 37.2 Å². The largest absolute Gasteiger partial charge is 0.495 e. The van der Waals surface area contributed by atoms with E-state index in [-0.39, 0.29) is 0 Å². The lowest BCUT2D eigenvalue weighted by atomic mass is 10.1. The van der Waals surface area contributed by atoms with Gasteiger partial charge in [0.15, 0.2) is 0 Å². The van der Waals surface area contributed by atoms with Crippen LogP contribution in [-0.2, 0) is 0 Å². The number of hydrogen-bond acceptors (Lipinski definition) is 6. The molecule has 0 bridgehead atoms. The maximum Gasteiger partial charge on any atom is 0.138 e. The first-order valence-electron chi connectivity index (χ1n) is 9.65. The van der Waals surface area contributed by atoms with Gasteiger partial charge in [0.05, 0.1) is 42.7 Å². The molecule has 0 fully saturated rings. The van der Waals surface area contributed by atoms with Gasteiger partial charge >= 0.3 is 0 Å². The van der Waals surface area contributed by atoms with Gasteiger partial charge in [0.1, 0.15) is 22.6 Å². The molecule has 6 aromatic heterocycles. The first kappa shape index (κ1) is 17.4. The fourth-order valence-electron chi connectivity index (χ4n) is 3.74. The molecule has 0 aromatic carbocycles. The number of furan rings is 1. The molecule has 0 unspecified atom stereocenters. The van der Waals surface area contributed by atoms with Crippen molar-refractivity contribution in [3.63, 3.8) is 0 Å². The number of aromatic nitrogens is 6. The van der Waals surface area contributed by atoms with Gasteiger partial charge in [0.2, 0.25) is 0 Å². The molecule has 0 aliphatic rings. The van der Waals surface area contributed by atoms with E-state index < -0.39 is 0 Å². The number of ether oxygens (including phenoxy) is 1. The van der Waals surface area contributed by atoms with Gasteiger partial charge in [-0.05, 0) is 42.0 Å². The predicted molar refractivity (Wildman–Crippen MR) is 116 cm³/mol. The Morgan fingerprint density at radius 3 is 2.87 bits per heavy atom. The maximum atomic E-state index is 5.29. The van der Waals surface area contributed by atoms with E-state index in [2.05, 4.69) is 25.1 Å². The summed E-state index contributed by atoms with van der Waals surface area (Å²) >= 11 is 0. The molecule has 0 aliphatic heterocycles. The Hall–Kier alpha value is -4.46. The molecule has 0 aliphatic carbocycles. The average Bonchev–Trinajstić information content (AvgIpc) is 3.57. The molecule has 0 saturated carbocycles. The molecule has 8 nitrogen and oxygen atoms in total. The van der Waals surface area contributed by atoms with Gasteiger partial charge in [-0.15, -0.1) is 0 Å². The molecule has 150 valence electrons. The number of nitrogens with zero attached hydrogens (tertiary/aromatic N) is 4. The molecule has 6 heterocycles. The zero-order valence-corrected chi connectivity index (χ0v) is 16.5. The second-order valence-electron chi connectivity index (χ2n) is 7.09. The smallest absolute Gasteiger partial charge is 0.138 e. The number of rotatable bonds is 4. The first-order valence-corrected chi connectivity index (χ1v) is 9.65. The third kappa shape index (κ3) is 2.84. The van der Waals surface area contributed by atoms with E-state index in [1.165, 1.54) is 0 Å². The molecular formula is C23H16N6O2. The van der Waals surface area contributed by atoms with Crippen LogP contribution >= 0.6 is 0 Å². The standard InChI is InChI=1S/C23H16N6O2/c1-30-15-8-14(10-24-11-15)18-2-3-19-21(26-18)22(29-28-19)20-9-17-16(13-5-7-31-12-13)4-6-25-23(17)27-20/h2-12H,1H3,(H,25,27)(H,28,29). The Balaban J connectivity index is 1.50. The van der Waals surface area contributed by atoms with Gasteiger partial charge in [-0.2, -0.15) is 5.10 Å². The second kappa shape index (κ2) is 6.81. The number of hydrogen-bond donors (Lipinski definition) is 2. The molecule has 0 spiro atoms. The van der Waals surface area contributed by atoms with Crippen LogP contribution in [0.1, 0.15) is 0 Å². The van der Waals surface area contributed by atoms with Crippen LogP contribution in [0.5, 0.6) is 5.75 Å². The Morgan fingerprint density at radius 2 is 2.00 bits per heavy atom. The lowest BCUT2D eigenvalue weighted by Crippen LogP contribution is -1.89. The van der Waals surface area contributed by atoms with Gasteiger partial charge in [-0.1, -0.05) is 0 Å². The third-order valence-corrected chi connectivity index (χ3v) is 5.27. The van der Waals surface area contributed by atoms with Crippen LogP contribution in [0.2, 0.25) is 0 Å². The van der Waals surface area contributed by atoms with Crippen LogP contribution in [0.4, 0.5) is 0 Å². The van der Waals surface area contributed by atoms with E-state index in [1.807, 2.05) is 36.4 Å². The number of H-pyrrole nitrogens is 2. The minimum atomic E-state index is 0.681. The summed E-state index contributed by atoms with van der Waals surface area (Å²) in [5.74, 6) is 0.681. The molecule has 8 heteroatoms. The summed E-state index contributed by atoms with van der Waals surface area (Å²) in [5.41, 5.74) is 7.63. The Kier molecular flexibility index (Phi) is 3.82. The molecule has 6 rings (SSSR count). The number of pyridine rings is 3. The minimum absolute atomic E-state index is 0.681. The zero-order valence-electron chi connectivity index (χ0n) is 16.5. The van der Waals surface area contributed by atoms with Gasteiger partial charge in [-0.25, -0.2) is 9.97 Å². The minimum Gasteiger partial charge on any atom is -0.495 e. The highest BCUT2D eigenvalue weighted by molar-refractivity contribution is 5.98. The van der Waals surface area contributed by atoms with E-state index >= 15 is 0 Å². The Bertz CT molecular complexity index is 1530. The molecule has 2 N–H and O–H groups in total. The summed E-state index contributed by atoms with van der Waals surface area (Å²) in [4.78, 5) is 16.9. The van der Waals surface area contributed by atoms with Gasteiger partial charge < -0.3 is 14.1 Å². The van der Waals surface area contributed by atoms with Gasteiger partial charge in [0, 0.05) is 28.9 Å². The van der Waals surface area contributed by atoms with E-state index in [0.717, 1.165) is 55.8 Å². The Morgan fingerprint density at radius 1 is 1.03 bits per heavy atom. The summed E-state index contributed by atoms with van der Waals surface area (Å²) in [6.07, 6.45) is 8.59. The predicted octanol–water partition coefficient (Wildman–Crippen LogP) is 4.83. The highest BCUT2D eigenvalue weighted by Crippen LogP contribution is 2.33. The van der Waals surface area contributed by atoms with Crippen molar-refractivity contribution in [2.24, 2.45) is 0 Å². The van der Waals surface area contributed by atoms with Crippen LogP contribution in [0, 0.1) is 0 Å². The zero-order chi connectivity index (χ0) is 20.8. The van der Waals surface area contributed by atoms with Gasteiger partial charge in [0.25, 0.3) is 0 Å². The van der Waals surface area contributed by atoms with Crippen molar-refractivity contribution in [1.29, 1.82) is 0 Å². The summed E-state index contributed by atoms with van der Waals surface area (Å²) in [6, 6.07) is 11.8. The van der Waals surface area contributed by atoms with Crippen molar-refractivity contribution in [2.45, 2.75) is 0 Å². The highest BCUT2D eigenvalue weighted by Gasteiger charge is 2.16. The van der Waals surface area contributed by atoms with E-state index in [0.29, 0.717) is 5.75 Å². The van der Waals surface area contributed by atoms with Crippen molar-refractivity contribution in [1.82, 2.24) is 30.1 Å². The highest BCUT2D eigenvalue weighted by atomic mass is 16.5. The summed E-state index contributed by atoms with van der Waals surface area (Å²) in [6.45, 7) is 0. The Labute approximate surface area is 176 Å². The summed E-state index contributed by atoms with van der Waals surface area (Å²) in [5, 5.41) is 8.57. The number of fused-ring (bicyclic) bond motifs is 2. The number of methoxy groups -OCH3 is 1. The van der Waals surface area contributed by atoms with Crippen molar-refractivity contribution in [2.75, 3.05) is 7.11 Å². The van der Waals surface area contributed by atoms with Crippen molar-refractivity contribution < 1.29 is 9.15 Å². The summed E-state index contributed by atoms with van der Waals surface area (Å²) < 4.78 is 10.5. The van der Waals surface area contributed by atoms with E-state index in [9.17, 15) is 0 Å². The maximum absolute atomic E-state index is 5.29. The number of nitrogens with one attached hydrogen (secondary N) is 2. The van der Waals surface area contributed by atoms with Crippen molar-refractivity contribution in [3.8, 4) is 39.5 Å². The SMILES string of the molecule is COc1cncc(-c2ccc3[nH]nc(-c4cc5c(-c6ccoc6)ccnc5[nH]4)c3n2)c1. The normalized spacial score (nSPS) is 11.4. The molecule has 0 atom stereocenters. The van der Waals surface area contributed by atoms with Gasteiger partial charge in [-0.3, -0.25) is 10.1 Å². The molecule has 6 aromatic rings. The topological polar surface area (TPSA) is 106 Å². The molecular weight excluding hydrogens is 392 g/mol. The van der Waals surface area contributed by atoms with Crippen LogP contribution in [0.15, 0.2) is 71.9 Å². The fourth-order valence-corrected chi connectivity index (χ4v) is 3.74. The molecule has 0 radical (unpaired) electrons. The van der Waals surface area contributed by atoms with Crippen molar-refractivity contribution in [3.05, 3.63) is 67.5 Å². The van der Waals surface area contributed by atoms with Crippen LogP contribution in [0.25, 0.3) is 55.8 Å². The average molecular weight is 408 g/mol. The molecule has 0 amide bonds. The van der Waals surface area contributed by atoms with E-state index in [4.69, 9.17) is 14.1 Å². The molecule has 31 heavy (non-hydrogen) atoms. The molecule has 0 saturated heterocycles. The quantitative estimate of drug-likeness (QED) is 0.433.